The molecule has 0 spiro atoms. The van der Waals surface area contributed by atoms with Crippen molar-refractivity contribution in [2.75, 3.05) is 32.4 Å². The molecule has 25 heavy (non-hydrogen) atoms. The molecule has 136 valence electrons. The molecular weight excluding hydrogens is 324 g/mol. The molecule has 2 nitrogen and oxygen atoms in total. The number of benzene rings is 1. The highest BCUT2D eigenvalue weighted by molar-refractivity contribution is 7.98. The maximum atomic E-state index is 2.90. The zero-order valence-electron chi connectivity index (χ0n) is 15.6. The van der Waals surface area contributed by atoms with E-state index in [1.807, 2.05) is 11.8 Å². The van der Waals surface area contributed by atoms with Crippen molar-refractivity contribution in [2.24, 2.45) is 23.7 Å². The Bertz CT molecular complexity index is 563. The van der Waals surface area contributed by atoms with Gasteiger partial charge in [-0.15, -0.1) is 11.8 Å². The smallest absolute Gasteiger partial charge is 0.0234 e. The van der Waals surface area contributed by atoms with Crippen molar-refractivity contribution in [3.63, 3.8) is 0 Å². The highest BCUT2D eigenvalue weighted by atomic mass is 32.2. The van der Waals surface area contributed by atoms with E-state index >= 15 is 0 Å². The Hall–Kier alpha value is -0.510. The number of thioether (sulfide) groups is 1. The molecule has 0 N–H and O–H groups in total. The van der Waals surface area contributed by atoms with Crippen LogP contribution >= 0.6 is 11.8 Å². The lowest BCUT2D eigenvalue weighted by atomic mass is 9.54. The zero-order chi connectivity index (χ0) is 16.8. The topological polar surface area (TPSA) is 6.48 Å². The third-order valence-electron chi connectivity index (χ3n) is 7.57. The van der Waals surface area contributed by atoms with Gasteiger partial charge in [-0.25, -0.2) is 0 Å². The molecule has 3 heteroatoms. The summed E-state index contributed by atoms with van der Waals surface area (Å²) >= 11 is 1.83. The highest BCUT2D eigenvalue weighted by Crippen LogP contribution is 2.55. The molecule has 1 aromatic carbocycles. The second-order valence-corrected chi connectivity index (χ2v) is 9.96. The number of hydrogen-bond donors (Lipinski definition) is 0. The molecule has 0 aromatic heterocycles. The van der Waals surface area contributed by atoms with E-state index in [-0.39, 0.29) is 0 Å². The Kier molecular flexibility index (Phi) is 4.60. The second-order valence-electron chi connectivity index (χ2n) is 9.08. The van der Waals surface area contributed by atoms with E-state index in [0.717, 1.165) is 36.3 Å². The predicted molar refractivity (Wildman–Crippen MR) is 106 cm³/mol. The molecule has 5 aliphatic rings. The van der Waals surface area contributed by atoms with Gasteiger partial charge in [0.25, 0.3) is 0 Å². The first-order chi connectivity index (χ1) is 12.3. The molecule has 1 aromatic rings. The lowest BCUT2D eigenvalue weighted by Crippen LogP contribution is -2.60. The average Bonchev–Trinajstić information content (AvgIpc) is 2.63. The van der Waals surface area contributed by atoms with E-state index < -0.39 is 0 Å². The third kappa shape index (κ3) is 3.28. The van der Waals surface area contributed by atoms with Gasteiger partial charge in [0.15, 0.2) is 0 Å². The van der Waals surface area contributed by atoms with Crippen LogP contribution in [0.2, 0.25) is 0 Å². The lowest BCUT2D eigenvalue weighted by molar-refractivity contribution is -0.0769. The van der Waals surface area contributed by atoms with Gasteiger partial charge in [0.1, 0.15) is 0 Å². The Morgan fingerprint density at radius 3 is 2.00 bits per heavy atom. The van der Waals surface area contributed by atoms with Gasteiger partial charge in [-0.05, 0) is 79.7 Å². The molecular formula is C22H32N2S. The van der Waals surface area contributed by atoms with Crippen molar-refractivity contribution in [1.29, 1.82) is 0 Å². The Labute approximate surface area is 157 Å². The van der Waals surface area contributed by atoms with Crippen molar-refractivity contribution in [1.82, 2.24) is 9.80 Å². The van der Waals surface area contributed by atoms with Crippen molar-refractivity contribution >= 4 is 11.8 Å². The lowest BCUT2D eigenvalue weighted by Gasteiger charge is -2.58. The fraction of sp³-hybridized carbons (Fsp3) is 0.727. The maximum Gasteiger partial charge on any atom is 0.0234 e. The summed E-state index contributed by atoms with van der Waals surface area (Å²) in [6.07, 6.45) is 9.94. The van der Waals surface area contributed by atoms with Gasteiger partial charge < -0.3 is 0 Å². The zero-order valence-corrected chi connectivity index (χ0v) is 16.4. The van der Waals surface area contributed by atoms with E-state index in [0.29, 0.717) is 0 Å². The second kappa shape index (κ2) is 6.90. The summed E-state index contributed by atoms with van der Waals surface area (Å²) in [7, 11) is 0. The van der Waals surface area contributed by atoms with Gasteiger partial charge in [0.05, 0.1) is 0 Å². The van der Waals surface area contributed by atoms with Gasteiger partial charge in [0.2, 0.25) is 0 Å². The van der Waals surface area contributed by atoms with Crippen LogP contribution in [0.1, 0.15) is 37.7 Å². The van der Waals surface area contributed by atoms with Crippen molar-refractivity contribution in [3.05, 3.63) is 29.8 Å². The summed E-state index contributed by atoms with van der Waals surface area (Å²) in [5.74, 6) is 4.29. The van der Waals surface area contributed by atoms with E-state index in [1.54, 1.807) is 32.1 Å². The standard InChI is InChI=1S/C22H32N2S/c1-25-21-4-2-16(3-5-21)15-23-6-8-24(9-7-23)22-19-11-17-10-18(13-19)14-20(22)12-17/h2-5,17-20,22H,6-15H2,1H3. The first kappa shape index (κ1) is 16.6. The first-order valence-corrected chi connectivity index (χ1v) is 11.6. The van der Waals surface area contributed by atoms with Gasteiger partial charge in [0, 0.05) is 43.7 Å². The SMILES string of the molecule is CSc1ccc(CN2CCN(C3C4CC5CC(C4)CC3C5)CC2)cc1. The van der Waals surface area contributed by atoms with Gasteiger partial charge >= 0.3 is 0 Å². The summed E-state index contributed by atoms with van der Waals surface area (Å²) in [6, 6.07) is 10.1. The van der Waals surface area contributed by atoms with Crippen LogP contribution in [-0.4, -0.2) is 48.3 Å². The minimum atomic E-state index is 0.941. The van der Waals surface area contributed by atoms with Crippen LogP contribution in [-0.2, 0) is 6.54 Å². The van der Waals surface area contributed by atoms with Crippen LogP contribution in [0.4, 0.5) is 0 Å². The van der Waals surface area contributed by atoms with Gasteiger partial charge in [-0.1, -0.05) is 12.1 Å². The fourth-order valence-corrected chi connectivity index (χ4v) is 7.11. The summed E-state index contributed by atoms with van der Waals surface area (Å²) in [5.41, 5.74) is 1.47. The molecule has 4 aliphatic carbocycles. The molecule has 1 heterocycles. The maximum absolute atomic E-state index is 2.90. The summed E-state index contributed by atoms with van der Waals surface area (Å²) < 4.78 is 0. The van der Waals surface area contributed by atoms with Crippen LogP contribution in [0.5, 0.6) is 0 Å². The molecule has 4 bridgehead atoms. The molecule has 0 unspecified atom stereocenters. The summed E-state index contributed by atoms with van der Waals surface area (Å²) in [6.45, 7) is 6.25. The number of nitrogens with zero attached hydrogens (tertiary/aromatic N) is 2. The van der Waals surface area contributed by atoms with Crippen LogP contribution in [0, 0.1) is 23.7 Å². The van der Waals surface area contributed by atoms with Crippen LogP contribution in [0.25, 0.3) is 0 Å². The Morgan fingerprint density at radius 1 is 0.840 bits per heavy atom. The summed E-state index contributed by atoms with van der Waals surface area (Å²) in [4.78, 5) is 6.94. The molecule has 0 amide bonds. The first-order valence-electron chi connectivity index (χ1n) is 10.4. The summed E-state index contributed by atoms with van der Waals surface area (Å²) in [5, 5.41) is 0. The van der Waals surface area contributed by atoms with E-state index in [1.165, 1.54) is 36.6 Å². The quantitative estimate of drug-likeness (QED) is 0.741. The minimum absolute atomic E-state index is 0.941. The monoisotopic (exact) mass is 356 g/mol. The van der Waals surface area contributed by atoms with Crippen LogP contribution in [0.15, 0.2) is 29.2 Å². The molecule has 1 saturated heterocycles. The van der Waals surface area contributed by atoms with Crippen LogP contribution in [0.3, 0.4) is 0 Å². The molecule has 6 rings (SSSR count). The number of rotatable bonds is 4. The minimum Gasteiger partial charge on any atom is -0.297 e. The Balaban J connectivity index is 1.17. The fourth-order valence-electron chi connectivity index (χ4n) is 6.70. The van der Waals surface area contributed by atoms with Crippen molar-refractivity contribution in [3.8, 4) is 0 Å². The van der Waals surface area contributed by atoms with E-state index in [4.69, 9.17) is 0 Å². The van der Waals surface area contributed by atoms with Crippen molar-refractivity contribution in [2.45, 2.75) is 49.6 Å². The molecule has 0 radical (unpaired) electrons. The predicted octanol–water partition coefficient (Wildman–Crippen LogP) is 4.35. The van der Waals surface area contributed by atoms with E-state index in [2.05, 4.69) is 40.3 Å². The molecule has 4 saturated carbocycles. The van der Waals surface area contributed by atoms with E-state index in [9.17, 15) is 0 Å². The average molecular weight is 357 g/mol. The number of hydrogen-bond acceptors (Lipinski definition) is 3. The molecule has 0 atom stereocenters. The number of piperazine rings is 1. The molecule has 5 fully saturated rings. The largest absolute Gasteiger partial charge is 0.297 e. The highest BCUT2D eigenvalue weighted by Gasteiger charge is 2.50. The normalized spacial score (nSPS) is 38.4. The van der Waals surface area contributed by atoms with Crippen molar-refractivity contribution < 1.29 is 0 Å². The van der Waals surface area contributed by atoms with Gasteiger partial charge in [-0.3, -0.25) is 9.80 Å². The third-order valence-corrected chi connectivity index (χ3v) is 8.31. The van der Waals surface area contributed by atoms with Crippen LogP contribution < -0.4 is 0 Å². The Morgan fingerprint density at radius 2 is 1.44 bits per heavy atom. The van der Waals surface area contributed by atoms with Gasteiger partial charge in [-0.2, -0.15) is 0 Å². The molecule has 1 aliphatic heterocycles.